The first-order valence-corrected chi connectivity index (χ1v) is 8.05. The number of amides is 2. The Bertz CT molecular complexity index is 607. The van der Waals surface area contributed by atoms with Crippen LogP contribution in [-0.2, 0) is 14.3 Å². The molecule has 2 fully saturated rings. The van der Waals surface area contributed by atoms with Gasteiger partial charge in [0.2, 0.25) is 5.91 Å². The van der Waals surface area contributed by atoms with Crippen molar-refractivity contribution in [3.8, 4) is 0 Å². The summed E-state index contributed by atoms with van der Waals surface area (Å²) in [5.74, 6) is -0.135. The van der Waals surface area contributed by atoms with Crippen molar-refractivity contribution < 1.29 is 19.1 Å². The molecule has 0 aliphatic carbocycles. The highest BCUT2D eigenvalue weighted by Gasteiger charge is 2.26. The number of methoxy groups -OCH3 is 1. The van der Waals surface area contributed by atoms with E-state index in [0.29, 0.717) is 45.1 Å². The maximum Gasteiger partial charge on any atom is 0.272 e. The molecule has 2 aliphatic heterocycles. The topological polar surface area (TPSA) is 84.0 Å². The minimum Gasteiger partial charge on any atom is -0.382 e. The zero-order valence-corrected chi connectivity index (χ0v) is 13.7. The van der Waals surface area contributed by atoms with Crippen molar-refractivity contribution in [2.45, 2.75) is 6.10 Å². The molecular formula is C16H22N4O4. The van der Waals surface area contributed by atoms with Crippen LogP contribution in [0.3, 0.4) is 0 Å². The first-order valence-electron chi connectivity index (χ1n) is 8.05. The lowest BCUT2D eigenvalue weighted by atomic mass is 10.2. The third-order valence-electron chi connectivity index (χ3n) is 4.14. The van der Waals surface area contributed by atoms with Gasteiger partial charge in [0.15, 0.2) is 0 Å². The van der Waals surface area contributed by atoms with Gasteiger partial charge in [0.1, 0.15) is 5.69 Å². The summed E-state index contributed by atoms with van der Waals surface area (Å²) in [7, 11) is 1.62. The first kappa shape index (κ1) is 16.7. The van der Waals surface area contributed by atoms with Gasteiger partial charge < -0.3 is 24.6 Å². The molecule has 1 atom stereocenters. The summed E-state index contributed by atoms with van der Waals surface area (Å²) in [6, 6.07) is 3.57. The summed E-state index contributed by atoms with van der Waals surface area (Å²) >= 11 is 0. The number of hydrogen-bond acceptors (Lipinski definition) is 6. The van der Waals surface area contributed by atoms with Crippen LogP contribution in [0.1, 0.15) is 10.5 Å². The maximum absolute atomic E-state index is 12.7. The fourth-order valence-electron chi connectivity index (χ4n) is 2.94. The second-order valence-electron chi connectivity index (χ2n) is 5.87. The lowest BCUT2D eigenvalue weighted by Crippen LogP contribution is -2.48. The van der Waals surface area contributed by atoms with Crippen molar-refractivity contribution in [1.82, 2.24) is 15.2 Å². The number of nitrogens with zero attached hydrogens (tertiary/aromatic N) is 3. The lowest BCUT2D eigenvalue weighted by Gasteiger charge is -2.33. The fourth-order valence-corrected chi connectivity index (χ4v) is 2.94. The molecule has 1 aromatic rings. The van der Waals surface area contributed by atoms with E-state index in [4.69, 9.17) is 9.47 Å². The summed E-state index contributed by atoms with van der Waals surface area (Å²) < 4.78 is 10.7. The predicted molar refractivity (Wildman–Crippen MR) is 87.0 cm³/mol. The number of ether oxygens (including phenoxy) is 2. The van der Waals surface area contributed by atoms with Gasteiger partial charge in [-0.3, -0.25) is 14.6 Å². The third kappa shape index (κ3) is 3.82. The van der Waals surface area contributed by atoms with Crippen molar-refractivity contribution in [2.75, 3.05) is 57.9 Å². The van der Waals surface area contributed by atoms with Crippen LogP contribution in [0.4, 0.5) is 5.69 Å². The first-order chi connectivity index (χ1) is 11.7. The van der Waals surface area contributed by atoms with Crippen molar-refractivity contribution in [3.63, 3.8) is 0 Å². The SMILES string of the molecule is COCC1CN(C(=O)c2cc(N3CCNC(=O)C3)ccn2)CCO1. The molecule has 2 aliphatic rings. The molecule has 0 bridgehead atoms. The van der Waals surface area contributed by atoms with Crippen LogP contribution in [0.5, 0.6) is 0 Å². The van der Waals surface area contributed by atoms with Gasteiger partial charge in [-0.25, -0.2) is 0 Å². The Balaban J connectivity index is 1.71. The molecule has 8 heteroatoms. The number of rotatable bonds is 4. The number of carbonyl (C=O) groups excluding carboxylic acids is 2. The van der Waals surface area contributed by atoms with Crippen molar-refractivity contribution >= 4 is 17.5 Å². The Morgan fingerprint density at radius 3 is 3.17 bits per heavy atom. The quantitative estimate of drug-likeness (QED) is 0.800. The van der Waals surface area contributed by atoms with E-state index in [9.17, 15) is 9.59 Å². The smallest absolute Gasteiger partial charge is 0.272 e. The van der Waals surface area contributed by atoms with Crippen LogP contribution in [0, 0.1) is 0 Å². The molecule has 2 saturated heterocycles. The number of morpholine rings is 1. The zero-order valence-electron chi connectivity index (χ0n) is 13.7. The summed E-state index contributed by atoms with van der Waals surface area (Å²) in [6.07, 6.45) is 1.50. The van der Waals surface area contributed by atoms with Crippen molar-refractivity contribution in [2.24, 2.45) is 0 Å². The second-order valence-corrected chi connectivity index (χ2v) is 5.87. The molecule has 3 rings (SSSR count). The molecule has 1 aromatic heterocycles. The Morgan fingerprint density at radius 1 is 1.50 bits per heavy atom. The highest BCUT2D eigenvalue weighted by Crippen LogP contribution is 2.17. The van der Waals surface area contributed by atoms with Crippen LogP contribution in [0.15, 0.2) is 18.3 Å². The second kappa shape index (κ2) is 7.59. The van der Waals surface area contributed by atoms with Gasteiger partial charge >= 0.3 is 0 Å². The minimum absolute atomic E-state index is 0.0125. The van der Waals surface area contributed by atoms with Gasteiger partial charge in [0.25, 0.3) is 5.91 Å². The summed E-state index contributed by atoms with van der Waals surface area (Å²) in [5.41, 5.74) is 1.22. The molecule has 0 spiro atoms. The molecule has 1 N–H and O–H groups in total. The standard InChI is InChI=1S/C16H22N4O4/c1-23-11-13-9-20(6-7-24-13)16(22)14-8-12(2-3-17-14)19-5-4-18-15(21)10-19/h2-3,8,13H,4-7,9-11H2,1H3,(H,18,21). The Labute approximate surface area is 140 Å². The fraction of sp³-hybridized carbons (Fsp3) is 0.562. The Morgan fingerprint density at radius 2 is 2.38 bits per heavy atom. The molecule has 0 aromatic carbocycles. The number of nitrogens with one attached hydrogen (secondary N) is 1. The van der Waals surface area contributed by atoms with E-state index in [1.54, 1.807) is 24.3 Å². The molecule has 1 unspecified atom stereocenters. The largest absolute Gasteiger partial charge is 0.382 e. The minimum atomic E-state index is -0.122. The molecule has 130 valence electrons. The number of carbonyl (C=O) groups is 2. The average Bonchev–Trinajstić information content (AvgIpc) is 2.62. The van der Waals surface area contributed by atoms with E-state index in [1.807, 2.05) is 11.0 Å². The Kier molecular flexibility index (Phi) is 5.27. The molecule has 3 heterocycles. The normalized spacial score (nSPS) is 21.5. The van der Waals surface area contributed by atoms with Crippen LogP contribution < -0.4 is 10.2 Å². The van der Waals surface area contributed by atoms with Gasteiger partial charge in [-0.05, 0) is 12.1 Å². The molecule has 24 heavy (non-hydrogen) atoms. The molecular weight excluding hydrogens is 312 g/mol. The van der Waals surface area contributed by atoms with E-state index in [2.05, 4.69) is 10.3 Å². The molecule has 8 nitrogen and oxygen atoms in total. The van der Waals surface area contributed by atoms with Crippen LogP contribution in [-0.4, -0.2) is 80.8 Å². The highest BCUT2D eigenvalue weighted by molar-refractivity contribution is 5.93. The maximum atomic E-state index is 12.7. The summed E-state index contributed by atoms with van der Waals surface area (Å²) in [5, 5.41) is 2.79. The van der Waals surface area contributed by atoms with Crippen LogP contribution in [0.25, 0.3) is 0 Å². The van der Waals surface area contributed by atoms with Crippen molar-refractivity contribution in [1.29, 1.82) is 0 Å². The monoisotopic (exact) mass is 334 g/mol. The predicted octanol–water partition coefficient (Wildman–Crippen LogP) is -0.495. The molecule has 0 radical (unpaired) electrons. The lowest BCUT2D eigenvalue weighted by molar-refractivity contribution is -0.120. The zero-order chi connectivity index (χ0) is 16.9. The average molecular weight is 334 g/mol. The van der Waals surface area contributed by atoms with Gasteiger partial charge in [-0.2, -0.15) is 0 Å². The van der Waals surface area contributed by atoms with Crippen LogP contribution >= 0.6 is 0 Å². The van der Waals surface area contributed by atoms with E-state index < -0.39 is 0 Å². The van der Waals surface area contributed by atoms with E-state index in [-0.39, 0.29) is 17.9 Å². The van der Waals surface area contributed by atoms with Gasteiger partial charge in [0, 0.05) is 45.2 Å². The summed E-state index contributed by atoms with van der Waals surface area (Å²) in [6.45, 7) is 3.60. The van der Waals surface area contributed by atoms with Gasteiger partial charge in [-0.1, -0.05) is 0 Å². The molecule has 0 saturated carbocycles. The van der Waals surface area contributed by atoms with E-state index in [0.717, 1.165) is 12.2 Å². The van der Waals surface area contributed by atoms with E-state index in [1.165, 1.54) is 0 Å². The van der Waals surface area contributed by atoms with E-state index >= 15 is 0 Å². The Hall–Kier alpha value is -2.19. The summed E-state index contributed by atoms with van der Waals surface area (Å²) in [4.78, 5) is 32.2. The number of anilines is 1. The number of aromatic nitrogens is 1. The number of hydrogen-bond donors (Lipinski definition) is 1. The van der Waals surface area contributed by atoms with Gasteiger partial charge in [0.05, 0.1) is 25.9 Å². The highest BCUT2D eigenvalue weighted by atomic mass is 16.5. The molecule has 2 amide bonds. The number of pyridine rings is 1. The van der Waals surface area contributed by atoms with Gasteiger partial charge in [-0.15, -0.1) is 0 Å². The third-order valence-corrected chi connectivity index (χ3v) is 4.14. The van der Waals surface area contributed by atoms with Crippen molar-refractivity contribution in [3.05, 3.63) is 24.0 Å². The van der Waals surface area contributed by atoms with Crippen LogP contribution in [0.2, 0.25) is 0 Å². The number of piperazine rings is 1.